The number of fused-ring (bicyclic) bond motifs is 3. The van der Waals surface area contributed by atoms with Gasteiger partial charge >= 0.3 is 6.09 Å². The molecule has 0 bridgehead atoms. The van der Waals surface area contributed by atoms with E-state index in [1.165, 1.54) is 12.1 Å². The predicted octanol–water partition coefficient (Wildman–Crippen LogP) is 3.11. The van der Waals surface area contributed by atoms with E-state index in [1.807, 2.05) is 48.5 Å². The van der Waals surface area contributed by atoms with Crippen LogP contribution in [0.15, 0.2) is 72.8 Å². The number of amides is 1. The first-order valence-corrected chi connectivity index (χ1v) is 9.63. The van der Waals surface area contributed by atoms with Gasteiger partial charge in [-0.15, -0.1) is 0 Å². The van der Waals surface area contributed by atoms with Gasteiger partial charge < -0.3 is 25.1 Å². The maximum Gasteiger partial charge on any atom is 0.407 e. The van der Waals surface area contributed by atoms with Crippen LogP contribution >= 0.6 is 0 Å². The van der Waals surface area contributed by atoms with Crippen molar-refractivity contribution in [3.63, 3.8) is 0 Å². The van der Waals surface area contributed by atoms with E-state index in [1.54, 1.807) is 12.1 Å². The van der Waals surface area contributed by atoms with Gasteiger partial charge in [0.05, 0.1) is 6.04 Å². The van der Waals surface area contributed by atoms with Gasteiger partial charge in [0.1, 0.15) is 12.4 Å². The Labute approximate surface area is 173 Å². The number of aromatic hydroxyl groups is 1. The Balaban J connectivity index is 1.48. The summed E-state index contributed by atoms with van der Waals surface area (Å²) in [7, 11) is 0. The molecular formula is C24H20NO5-. The fourth-order valence-electron chi connectivity index (χ4n) is 3.94. The van der Waals surface area contributed by atoms with Crippen LogP contribution < -0.4 is 10.4 Å². The number of rotatable bonds is 6. The highest BCUT2D eigenvalue weighted by molar-refractivity contribution is 5.79. The Bertz CT molecular complexity index is 1050. The predicted molar refractivity (Wildman–Crippen MR) is 109 cm³/mol. The third kappa shape index (κ3) is 3.98. The van der Waals surface area contributed by atoms with Crippen molar-refractivity contribution in [3.05, 3.63) is 89.5 Å². The van der Waals surface area contributed by atoms with Gasteiger partial charge in [-0.2, -0.15) is 0 Å². The smallest absolute Gasteiger partial charge is 0.407 e. The first-order valence-electron chi connectivity index (χ1n) is 9.63. The maximum atomic E-state index is 12.5. The quantitative estimate of drug-likeness (QED) is 0.660. The van der Waals surface area contributed by atoms with Crippen LogP contribution in [0.4, 0.5) is 4.79 Å². The minimum absolute atomic E-state index is 0.0230. The molecule has 0 aliphatic heterocycles. The fraction of sp³-hybridized carbons (Fsp3) is 0.167. The molecule has 3 aromatic rings. The standard InChI is InChI=1S/C24H21NO5/c26-16-7-5-6-15(12-16)22(13-23(27)28)25-24(29)30-14-21-19-10-3-1-8-17(19)18-9-2-4-11-20(18)21/h1-12,21-22,26H,13-14H2,(H,25,29)(H,27,28)/p-1/t22-/m1/s1. The zero-order chi connectivity index (χ0) is 21.1. The van der Waals surface area contributed by atoms with Crippen LogP contribution in [0.3, 0.4) is 0 Å². The molecule has 1 aliphatic rings. The van der Waals surface area contributed by atoms with Crippen molar-refractivity contribution < 1.29 is 24.5 Å². The molecule has 4 rings (SSSR count). The Morgan fingerprint density at radius 3 is 2.20 bits per heavy atom. The summed E-state index contributed by atoms with van der Waals surface area (Å²) in [4.78, 5) is 23.6. The molecule has 3 aromatic carbocycles. The monoisotopic (exact) mass is 402 g/mol. The number of hydrogen-bond acceptors (Lipinski definition) is 5. The number of phenolic OH excluding ortho intramolecular Hbond substituents is 1. The van der Waals surface area contributed by atoms with Gasteiger partial charge in [-0.05, 0) is 39.9 Å². The highest BCUT2D eigenvalue weighted by Gasteiger charge is 2.29. The summed E-state index contributed by atoms with van der Waals surface area (Å²) < 4.78 is 5.48. The second-order valence-corrected chi connectivity index (χ2v) is 7.19. The van der Waals surface area contributed by atoms with E-state index < -0.39 is 24.5 Å². The number of carbonyl (C=O) groups excluding carboxylic acids is 2. The molecular weight excluding hydrogens is 382 g/mol. The lowest BCUT2D eigenvalue weighted by atomic mass is 9.98. The van der Waals surface area contributed by atoms with E-state index in [2.05, 4.69) is 5.32 Å². The average Bonchev–Trinajstić information content (AvgIpc) is 3.05. The van der Waals surface area contributed by atoms with Gasteiger partial charge in [-0.25, -0.2) is 4.79 Å². The normalized spacial score (nSPS) is 13.2. The van der Waals surface area contributed by atoms with Gasteiger partial charge in [0.25, 0.3) is 0 Å². The summed E-state index contributed by atoms with van der Waals surface area (Å²) in [5.41, 5.74) is 4.87. The van der Waals surface area contributed by atoms with E-state index >= 15 is 0 Å². The fourth-order valence-corrected chi connectivity index (χ4v) is 3.94. The van der Waals surface area contributed by atoms with Crippen molar-refractivity contribution in [3.8, 4) is 16.9 Å². The van der Waals surface area contributed by atoms with Gasteiger partial charge in [0.15, 0.2) is 0 Å². The third-order valence-electron chi connectivity index (χ3n) is 5.28. The second-order valence-electron chi connectivity index (χ2n) is 7.19. The van der Waals surface area contributed by atoms with Crippen LogP contribution in [0.2, 0.25) is 0 Å². The zero-order valence-electron chi connectivity index (χ0n) is 16.1. The van der Waals surface area contributed by atoms with Gasteiger partial charge in [0, 0.05) is 18.3 Å². The number of nitrogens with one attached hydrogen (secondary N) is 1. The van der Waals surface area contributed by atoms with Crippen LogP contribution in [0.25, 0.3) is 11.1 Å². The Hall–Kier alpha value is -3.80. The maximum absolute atomic E-state index is 12.5. The summed E-state index contributed by atoms with van der Waals surface area (Å²) in [5.74, 6) is -1.43. The first kappa shape index (κ1) is 19.5. The summed E-state index contributed by atoms with van der Waals surface area (Å²) in [5, 5.41) is 23.4. The van der Waals surface area contributed by atoms with Gasteiger partial charge in [0.2, 0.25) is 0 Å². The van der Waals surface area contributed by atoms with Crippen molar-refractivity contribution in [2.45, 2.75) is 18.4 Å². The molecule has 1 amide bonds. The van der Waals surface area contributed by atoms with E-state index in [4.69, 9.17) is 4.74 Å². The Morgan fingerprint density at radius 1 is 0.967 bits per heavy atom. The molecule has 2 N–H and O–H groups in total. The molecule has 6 nitrogen and oxygen atoms in total. The van der Waals surface area contributed by atoms with E-state index in [0.717, 1.165) is 22.3 Å². The largest absolute Gasteiger partial charge is 0.550 e. The molecule has 30 heavy (non-hydrogen) atoms. The van der Waals surface area contributed by atoms with Crippen molar-refractivity contribution in [2.75, 3.05) is 6.61 Å². The molecule has 152 valence electrons. The van der Waals surface area contributed by atoms with E-state index in [-0.39, 0.29) is 18.3 Å². The van der Waals surface area contributed by atoms with Crippen LogP contribution in [0.1, 0.15) is 35.1 Å². The SMILES string of the molecule is O=C([O-])C[C@@H](NC(=O)OCC1c2ccccc2-c2ccccc21)c1cccc(O)c1. The third-order valence-corrected chi connectivity index (χ3v) is 5.28. The summed E-state index contributed by atoms with van der Waals surface area (Å²) >= 11 is 0. The minimum Gasteiger partial charge on any atom is -0.550 e. The van der Waals surface area contributed by atoms with Gasteiger partial charge in [-0.1, -0.05) is 60.7 Å². The first-order chi connectivity index (χ1) is 14.5. The topological polar surface area (TPSA) is 98.7 Å². The molecule has 0 fully saturated rings. The van der Waals surface area contributed by atoms with E-state index in [9.17, 15) is 19.8 Å². The number of alkyl carbamates (subject to hydrolysis) is 1. The molecule has 0 unspecified atom stereocenters. The highest BCUT2D eigenvalue weighted by atomic mass is 16.5. The van der Waals surface area contributed by atoms with E-state index in [0.29, 0.717) is 5.56 Å². The van der Waals surface area contributed by atoms with Gasteiger partial charge in [-0.3, -0.25) is 0 Å². The summed E-state index contributed by atoms with van der Waals surface area (Å²) in [6, 6.07) is 21.2. The molecule has 0 radical (unpaired) electrons. The number of benzene rings is 3. The molecule has 0 heterocycles. The van der Waals surface area contributed by atoms with Crippen molar-refractivity contribution in [1.82, 2.24) is 5.32 Å². The van der Waals surface area contributed by atoms with Crippen LogP contribution in [0.5, 0.6) is 5.75 Å². The molecule has 0 spiro atoms. The van der Waals surface area contributed by atoms with Crippen molar-refractivity contribution >= 4 is 12.1 Å². The van der Waals surface area contributed by atoms with Crippen LogP contribution in [0, 0.1) is 0 Å². The molecule has 1 atom stereocenters. The number of carboxylic acids is 1. The average molecular weight is 402 g/mol. The number of carbonyl (C=O) groups is 2. The Morgan fingerprint density at radius 2 is 1.60 bits per heavy atom. The number of phenols is 1. The number of carboxylic acid groups (broad SMARTS) is 1. The minimum atomic E-state index is -1.32. The lowest BCUT2D eigenvalue weighted by Gasteiger charge is -2.21. The Kier molecular flexibility index (Phi) is 5.39. The highest BCUT2D eigenvalue weighted by Crippen LogP contribution is 2.44. The molecule has 0 saturated heterocycles. The van der Waals surface area contributed by atoms with Crippen LogP contribution in [-0.2, 0) is 9.53 Å². The number of hydrogen-bond donors (Lipinski definition) is 2. The lowest BCUT2D eigenvalue weighted by Crippen LogP contribution is -2.35. The number of aliphatic carboxylic acids is 1. The zero-order valence-corrected chi connectivity index (χ0v) is 16.1. The second kappa shape index (κ2) is 8.29. The van der Waals surface area contributed by atoms with Crippen molar-refractivity contribution in [2.24, 2.45) is 0 Å². The molecule has 0 aromatic heterocycles. The van der Waals surface area contributed by atoms with Crippen LogP contribution in [-0.4, -0.2) is 23.8 Å². The summed E-state index contributed by atoms with van der Waals surface area (Å²) in [6.45, 7) is 0.123. The lowest BCUT2D eigenvalue weighted by molar-refractivity contribution is -0.306. The summed E-state index contributed by atoms with van der Waals surface area (Å²) in [6.07, 6.45) is -1.17. The molecule has 0 saturated carbocycles. The number of ether oxygens (including phenoxy) is 1. The molecule has 1 aliphatic carbocycles. The van der Waals surface area contributed by atoms with Crippen molar-refractivity contribution in [1.29, 1.82) is 0 Å². The molecule has 6 heteroatoms.